The number of carbonyl (C=O) groups excluding carboxylic acids is 1. The van der Waals surface area contributed by atoms with Gasteiger partial charge in [-0.05, 0) is 36.2 Å². The van der Waals surface area contributed by atoms with Crippen LogP contribution in [0, 0.1) is 0 Å². The van der Waals surface area contributed by atoms with Crippen LogP contribution < -0.4 is 10.2 Å². The first kappa shape index (κ1) is 16.8. The molecule has 0 radical (unpaired) electrons. The highest BCUT2D eigenvalue weighted by molar-refractivity contribution is 5.99. The molecule has 5 nitrogen and oxygen atoms in total. The summed E-state index contributed by atoms with van der Waals surface area (Å²) in [5, 5.41) is 5.08. The van der Waals surface area contributed by atoms with E-state index in [1.165, 1.54) is 0 Å². The molecule has 1 amide bonds. The van der Waals surface area contributed by atoms with Crippen LogP contribution in [0.5, 0.6) is 5.75 Å². The SMILES string of the molecule is CCCOc1cccc(/C=N/NC(=O)c2cc3ccccc3n2C)c1. The molecule has 0 saturated heterocycles. The van der Waals surface area contributed by atoms with E-state index in [9.17, 15) is 4.79 Å². The summed E-state index contributed by atoms with van der Waals surface area (Å²) in [6, 6.07) is 17.3. The molecule has 0 unspecified atom stereocenters. The molecule has 0 atom stereocenters. The summed E-state index contributed by atoms with van der Waals surface area (Å²) in [7, 11) is 1.87. The second kappa shape index (κ2) is 7.66. The number of ether oxygens (including phenoxy) is 1. The highest BCUT2D eigenvalue weighted by Crippen LogP contribution is 2.18. The number of carbonyl (C=O) groups is 1. The molecule has 1 heterocycles. The molecule has 0 fully saturated rings. The second-order valence-corrected chi connectivity index (χ2v) is 5.77. The highest BCUT2D eigenvalue weighted by atomic mass is 16.5. The molecule has 0 bridgehead atoms. The van der Waals surface area contributed by atoms with Crippen molar-refractivity contribution in [3.63, 3.8) is 0 Å². The summed E-state index contributed by atoms with van der Waals surface area (Å²) >= 11 is 0. The lowest BCUT2D eigenvalue weighted by molar-refractivity contribution is 0.0947. The van der Waals surface area contributed by atoms with E-state index in [1.54, 1.807) is 6.21 Å². The molecule has 1 aromatic heterocycles. The van der Waals surface area contributed by atoms with Gasteiger partial charge in [0.15, 0.2) is 0 Å². The fraction of sp³-hybridized carbons (Fsp3) is 0.200. The van der Waals surface area contributed by atoms with Gasteiger partial charge in [0, 0.05) is 18.0 Å². The summed E-state index contributed by atoms with van der Waals surface area (Å²) in [6.45, 7) is 2.74. The Balaban J connectivity index is 1.69. The van der Waals surface area contributed by atoms with Crippen LogP contribution in [0.2, 0.25) is 0 Å². The molecule has 0 aliphatic heterocycles. The largest absolute Gasteiger partial charge is 0.494 e. The van der Waals surface area contributed by atoms with Gasteiger partial charge in [-0.25, -0.2) is 5.43 Å². The molecule has 0 saturated carbocycles. The molecule has 0 aliphatic rings. The lowest BCUT2D eigenvalue weighted by Gasteiger charge is -2.05. The van der Waals surface area contributed by atoms with Crippen molar-refractivity contribution < 1.29 is 9.53 Å². The minimum absolute atomic E-state index is 0.242. The molecular weight excluding hydrogens is 314 g/mol. The van der Waals surface area contributed by atoms with Crippen molar-refractivity contribution >= 4 is 23.0 Å². The smallest absolute Gasteiger partial charge is 0.287 e. The van der Waals surface area contributed by atoms with Gasteiger partial charge in [-0.1, -0.05) is 37.3 Å². The molecule has 3 aromatic rings. The van der Waals surface area contributed by atoms with Crippen molar-refractivity contribution in [2.75, 3.05) is 6.61 Å². The average Bonchev–Trinajstić information content (AvgIpc) is 2.97. The summed E-state index contributed by atoms with van der Waals surface area (Å²) in [5.41, 5.74) is 5.03. The summed E-state index contributed by atoms with van der Waals surface area (Å²) in [5.74, 6) is 0.555. The van der Waals surface area contributed by atoms with Gasteiger partial charge in [0.2, 0.25) is 0 Å². The maximum absolute atomic E-state index is 12.4. The number of rotatable bonds is 6. The maximum atomic E-state index is 12.4. The van der Waals surface area contributed by atoms with E-state index in [-0.39, 0.29) is 5.91 Å². The van der Waals surface area contributed by atoms with E-state index in [0.29, 0.717) is 12.3 Å². The van der Waals surface area contributed by atoms with Gasteiger partial charge in [-0.2, -0.15) is 5.10 Å². The molecule has 25 heavy (non-hydrogen) atoms. The van der Waals surface area contributed by atoms with E-state index < -0.39 is 0 Å². The number of para-hydroxylation sites is 1. The number of amides is 1. The van der Waals surface area contributed by atoms with Crippen LogP contribution in [-0.4, -0.2) is 23.3 Å². The third-order valence-electron chi connectivity index (χ3n) is 3.89. The number of nitrogens with zero attached hydrogens (tertiary/aromatic N) is 2. The number of fused-ring (bicyclic) bond motifs is 1. The van der Waals surface area contributed by atoms with Crippen molar-refractivity contribution in [3.05, 3.63) is 65.9 Å². The van der Waals surface area contributed by atoms with E-state index in [2.05, 4.69) is 17.5 Å². The topological polar surface area (TPSA) is 55.6 Å². The van der Waals surface area contributed by atoms with Gasteiger partial charge in [0.1, 0.15) is 11.4 Å². The predicted octanol–water partition coefficient (Wildman–Crippen LogP) is 3.73. The maximum Gasteiger partial charge on any atom is 0.287 e. The van der Waals surface area contributed by atoms with Gasteiger partial charge in [0.25, 0.3) is 5.91 Å². The minimum Gasteiger partial charge on any atom is -0.494 e. The number of hydrogen-bond donors (Lipinski definition) is 1. The van der Waals surface area contributed by atoms with E-state index in [0.717, 1.165) is 28.6 Å². The Morgan fingerprint density at radius 3 is 2.84 bits per heavy atom. The molecule has 2 aromatic carbocycles. The normalized spacial score (nSPS) is 11.1. The van der Waals surface area contributed by atoms with Gasteiger partial charge in [-0.15, -0.1) is 0 Å². The number of aromatic nitrogens is 1. The van der Waals surface area contributed by atoms with Crippen LogP contribution >= 0.6 is 0 Å². The second-order valence-electron chi connectivity index (χ2n) is 5.77. The van der Waals surface area contributed by atoms with Gasteiger partial charge in [0.05, 0.1) is 12.8 Å². The molecule has 0 spiro atoms. The Bertz CT molecular complexity index is 912. The zero-order valence-corrected chi connectivity index (χ0v) is 14.4. The van der Waals surface area contributed by atoms with E-state index >= 15 is 0 Å². The Kier molecular flexibility index (Phi) is 5.14. The minimum atomic E-state index is -0.242. The fourth-order valence-electron chi connectivity index (χ4n) is 2.63. The Morgan fingerprint density at radius 1 is 1.20 bits per heavy atom. The zero-order valence-electron chi connectivity index (χ0n) is 14.4. The van der Waals surface area contributed by atoms with Crippen molar-refractivity contribution in [3.8, 4) is 5.75 Å². The van der Waals surface area contributed by atoms with Crippen molar-refractivity contribution in [2.45, 2.75) is 13.3 Å². The fourth-order valence-corrected chi connectivity index (χ4v) is 2.63. The van der Waals surface area contributed by atoms with Gasteiger partial charge >= 0.3 is 0 Å². The zero-order chi connectivity index (χ0) is 17.6. The first-order valence-electron chi connectivity index (χ1n) is 8.30. The van der Waals surface area contributed by atoms with E-state index in [1.807, 2.05) is 66.2 Å². The molecule has 128 valence electrons. The van der Waals surface area contributed by atoms with Crippen LogP contribution in [0.15, 0.2) is 59.7 Å². The lowest BCUT2D eigenvalue weighted by atomic mass is 10.2. The quantitative estimate of drug-likeness (QED) is 0.551. The van der Waals surface area contributed by atoms with Crippen molar-refractivity contribution in [1.82, 2.24) is 9.99 Å². The third kappa shape index (κ3) is 3.88. The van der Waals surface area contributed by atoms with Crippen LogP contribution in [0.4, 0.5) is 0 Å². The first-order valence-corrected chi connectivity index (χ1v) is 8.30. The van der Waals surface area contributed by atoms with Crippen LogP contribution in [0.3, 0.4) is 0 Å². The summed E-state index contributed by atoms with van der Waals surface area (Å²) in [6.07, 6.45) is 2.57. The third-order valence-corrected chi connectivity index (χ3v) is 3.89. The number of nitrogens with one attached hydrogen (secondary N) is 1. The Morgan fingerprint density at radius 2 is 2.04 bits per heavy atom. The first-order chi connectivity index (χ1) is 12.2. The number of aryl methyl sites for hydroxylation is 1. The number of hydrogen-bond acceptors (Lipinski definition) is 3. The van der Waals surface area contributed by atoms with Crippen LogP contribution in [0.25, 0.3) is 10.9 Å². The van der Waals surface area contributed by atoms with Crippen LogP contribution in [0.1, 0.15) is 29.4 Å². The molecule has 0 aliphatic carbocycles. The van der Waals surface area contributed by atoms with Crippen LogP contribution in [-0.2, 0) is 7.05 Å². The molecule has 1 N–H and O–H groups in total. The Hall–Kier alpha value is -3.08. The van der Waals surface area contributed by atoms with E-state index in [4.69, 9.17) is 4.74 Å². The van der Waals surface area contributed by atoms with Crippen molar-refractivity contribution in [2.24, 2.45) is 12.1 Å². The lowest BCUT2D eigenvalue weighted by Crippen LogP contribution is -2.20. The number of hydrazone groups is 1. The standard InChI is InChI=1S/C20H21N3O2/c1-3-11-25-17-9-6-7-15(12-17)14-21-22-20(24)19-13-16-8-4-5-10-18(16)23(19)2/h4-10,12-14H,3,11H2,1-2H3,(H,22,24)/b21-14+. The number of benzene rings is 2. The molecule has 3 rings (SSSR count). The molecule has 5 heteroatoms. The summed E-state index contributed by atoms with van der Waals surface area (Å²) < 4.78 is 7.45. The highest BCUT2D eigenvalue weighted by Gasteiger charge is 2.12. The van der Waals surface area contributed by atoms with Crippen molar-refractivity contribution in [1.29, 1.82) is 0 Å². The van der Waals surface area contributed by atoms with Gasteiger partial charge < -0.3 is 9.30 Å². The predicted molar refractivity (Wildman–Crippen MR) is 100 cm³/mol. The summed E-state index contributed by atoms with van der Waals surface area (Å²) in [4.78, 5) is 12.4. The molecular formula is C20H21N3O2. The average molecular weight is 335 g/mol. The van der Waals surface area contributed by atoms with Gasteiger partial charge in [-0.3, -0.25) is 4.79 Å². The Labute approximate surface area is 146 Å². The monoisotopic (exact) mass is 335 g/mol.